The van der Waals surface area contributed by atoms with Gasteiger partial charge in [-0.2, -0.15) is 0 Å². The fourth-order valence-corrected chi connectivity index (χ4v) is 3.45. The van der Waals surface area contributed by atoms with Crippen molar-refractivity contribution in [2.45, 2.75) is 71.6 Å². The fourth-order valence-electron chi connectivity index (χ4n) is 3.45. The molecular weight excluding hydrogens is 365 g/mol. The predicted octanol–water partition coefficient (Wildman–Crippen LogP) is 7.72. The first-order valence-electron chi connectivity index (χ1n) is 11.0. The largest absolute Gasteiger partial charge is 0.491 e. The Bertz CT molecular complexity index is 903. The number of halogens is 1. The molecule has 3 aromatic rings. The van der Waals surface area contributed by atoms with Crippen LogP contribution in [0.15, 0.2) is 40.8 Å². The van der Waals surface area contributed by atoms with Gasteiger partial charge in [0.05, 0.1) is 6.61 Å². The summed E-state index contributed by atoms with van der Waals surface area (Å²) in [6.07, 6.45) is 10.4. The van der Waals surface area contributed by atoms with Crippen LogP contribution in [0.3, 0.4) is 0 Å². The van der Waals surface area contributed by atoms with E-state index in [1.54, 1.807) is 6.07 Å². The van der Waals surface area contributed by atoms with Crippen LogP contribution in [0.4, 0.5) is 4.39 Å². The van der Waals surface area contributed by atoms with Crippen molar-refractivity contribution in [3.8, 4) is 17.2 Å². The molecule has 0 saturated carbocycles. The van der Waals surface area contributed by atoms with Crippen LogP contribution in [0.25, 0.3) is 22.6 Å². The molecule has 1 heterocycles. The van der Waals surface area contributed by atoms with E-state index in [0.717, 1.165) is 43.2 Å². The summed E-state index contributed by atoms with van der Waals surface area (Å²) in [5.74, 6) is 0.355. The molecule has 0 fully saturated rings. The molecule has 3 nitrogen and oxygen atoms in total. The monoisotopic (exact) mass is 397 g/mol. The number of benzene rings is 2. The van der Waals surface area contributed by atoms with Crippen LogP contribution in [0.5, 0.6) is 5.75 Å². The molecule has 0 saturated heterocycles. The van der Waals surface area contributed by atoms with E-state index in [2.05, 4.69) is 31.0 Å². The lowest BCUT2D eigenvalue weighted by atomic mass is 10.1. The lowest BCUT2D eigenvalue weighted by Gasteiger charge is -2.08. The highest BCUT2D eigenvalue weighted by Crippen LogP contribution is 2.29. The van der Waals surface area contributed by atoms with Crippen LogP contribution in [0.1, 0.15) is 70.8 Å². The summed E-state index contributed by atoms with van der Waals surface area (Å²) in [5, 5.41) is 0. The SMILES string of the molecule is CCCCCCCCOc1ccc(-c2nc3cc(CCCC)ccc3o2)cc1F. The van der Waals surface area contributed by atoms with Gasteiger partial charge in [-0.3, -0.25) is 0 Å². The van der Waals surface area contributed by atoms with Gasteiger partial charge in [-0.15, -0.1) is 0 Å². The Morgan fingerprint density at radius 3 is 2.48 bits per heavy atom. The summed E-state index contributed by atoms with van der Waals surface area (Å²) in [6.45, 7) is 4.94. The van der Waals surface area contributed by atoms with Crippen molar-refractivity contribution in [3.63, 3.8) is 0 Å². The third kappa shape index (κ3) is 6.06. The smallest absolute Gasteiger partial charge is 0.227 e. The maximum Gasteiger partial charge on any atom is 0.227 e. The molecule has 0 aliphatic carbocycles. The summed E-state index contributed by atoms with van der Waals surface area (Å²) >= 11 is 0. The summed E-state index contributed by atoms with van der Waals surface area (Å²) in [6, 6.07) is 11.0. The summed E-state index contributed by atoms with van der Waals surface area (Å²) in [4.78, 5) is 4.56. The molecule has 0 N–H and O–H groups in total. The lowest BCUT2D eigenvalue weighted by Crippen LogP contribution is -1.99. The molecule has 0 amide bonds. The topological polar surface area (TPSA) is 35.3 Å². The molecule has 0 bridgehead atoms. The Morgan fingerprint density at radius 1 is 0.897 bits per heavy atom. The van der Waals surface area contributed by atoms with Gasteiger partial charge in [-0.25, -0.2) is 9.37 Å². The first kappa shape index (κ1) is 21.4. The number of aryl methyl sites for hydroxylation is 1. The van der Waals surface area contributed by atoms with Gasteiger partial charge >= 0.3 is 0 Å². The molecule has 0 unspecified atom stereocenters. The Hall–Kier alpha value is -2.36. The zero-order valence-electron chi connectivity index (χ0n) is 17.7. The van der Waals surface area contributed by atoms with Gasteiger partial charge in [0, 0.05) is 5.56 Å². The van der Waals surface area contributed by atoms with Crippen LogP contribution >= 0.6 is 0 Å². The number of fused-ring (bicyclic) bond motifs is 1. The predicted molar refractivity (Wildman–Crippen MR) is 117 cm³/mol. The summed E-state index contributed by atoms with van der Waals surface area (Å²) in [5.41, 5.74) is 3.42. The van der Waals surface area contributed by atoms with E-state index in [9.17, 15) is 4.39 Å². The molecule has 0 radical (unpaired) electrons. The molecule has 156 valence electrons. The number of ether oxygens (including phenoxy) is 1. The summed E-state index contributed by atoms with van der Waals surface area (Å²) < 4.78 is 25.9. The molecule has 29 heavy (non-hydrogen) atoms. The normalized spacial score (nSPS) is 11.3. The minimum Gasteiger partial charge on any atom is -0.491 e. The van der Waals surface area contributed by atoms with Crippen LogP contribution in [-0.4, -0.2) is 11.6 Å². The highest BCUT2D eigenvalue weighted by molar-refractivity contribution is 5.77. The third-order valence-corrected chi connectivity index (χ3v) is 5.21. The van der Waals surface area contributed by atoms with E-state index in [1.807, 2.05) is 12.1 Å². The highest BCUT2D eigenvalue weighted by Gasteiger charge is 2.12. The number of nitrogens with zero attached hydrogens (tertiary/aromatic N) is 1. The average molecular weight is 398 g/mol. The molecule has 0 spiro atoms. The molecule has 1 aromatic heterocycles. The zero-order valence-corrected chi connectivity index (χ0v) is 17.7. The van der Waals surface area contributed by atoms with Gasteiger partial charge in [-0.05, 0) is 55.2 Å². The minimum absolute atomic E-state index is 0.292. The molecular formula is C25H32FNO2. The highest BCUT2D eigenvalue weighted by atomic mass is 19.1. The molecule has 3 rings (SSSR count). The maximum absolute atomic E-state index is 14.5. The molecule has 0 atom stereocenters. The van der Waals surface area contributed by atoms with Crippen molar-refractivity contribution >= 4 is 11.1 Å². The van der Waals surface area contributed by atoms with Crippen LogP contribution in [-0.2, 0) is 6.42 Å². The van der Waals surface area contributed by atoms with Gasteiger partial charge in [0.1, 0.15) is 5.52 Å². The second kappa shape index (κ2) is 11.0. The third-order valence-electron chi connectivity index (χ3n) is 5.21. The Kier molecular flexibility index (Phi) is 8.09. The van der Waals surface area contributed by atoms with Gasteiger partial charge in [0.25, 0.3) is 0 Å². The van der Waals surface area contributed by atoms with Gasteiger partial charge in [0.2, 0.25) is 5.89 Å². The van der Waals surface area contributed by atoms with Crippen LogP contribution < -0.4 is 4.74 Å². The quantitative estimate of drug-likeness (QED) is 0.293. The van der Waals surface area contributed by atoms with E-state index in [0.29, 0.717) is 23.8 Å². The number of hydrogen-bond acceptors (Lipinski definition) is 3. The van der Waals surface area contributed by atoms with E-state index in [4.69, 9.17) is 9.15 Å². The first-order chi connectivity index (χ1) is 14.2. The van der Waals surface area contributed by atoms with E-state index in [1.165, 1.54) is 37.3 Å². The molecule has 2 aromatic carbocycles. The molecule has 0 aliphatic rings. The van der Waals surface area contributed by atoms with Gasteiger partial charge in [0.15, 0.2) is 17.1 Å². The van der Waals surface area contributed by atoms with E-state index in [-0.39, 0.29) is 5.82 Å². The number of hydrogen-bond donors (Lipinski definition) is 0. The first-order valence-corrected chi connectivity index (χ1v) is 11.0. The average Bonchev–Trinajstić information content (AvgIpc) is 3.16. The minimum atomic E-state index is -0.376. The zero-order chi connectivity index (χ0) is 20.5. The standard InChI is InChI=1S/C25H32FNO2/c1-3-5-7-8-9-10-16-28-23-15-13-20(18-21(23)26)25-27-22-17-19(11-6-4-2)12-14-24(22)29-25/h12-15,17-18H,3-11,16H2,1-2H3. The van der Waals surface area contributed by atoms with Crippen molar-refractivity contribution in [2.75, 3.05) is 6.61 Å². The van der Waals surface area contributed by atoms with Crippen molar-refractivity contribution in [1.82, 2.24) is 4.98 Å². The number of aromatic nitrogens is 1. The number of oxazole rings is 1. The molecule has 4 heteroatoms. The summed E-state index contributed by atoms with van der Waals surface area (Å²) in [7, 11) is 0. The lowest BCUT2D eigenvalue weighted by molar-refractivity contribution is 0.290. The second-order valence-corrected chi connectivity index (χ2v) is 7.69. The van der Waals surface area contributed by atoms with E-state index < -0.39 is 0 Å². The Balaban J connectivity index is 1.60. The van der Waals surface area contributed by atoms with Gasteiger partial charge in [-0.1, -0.05) is 58.4 Å². The van der Waals surface area contributed by atoms with E-state index >= 15 is 0 Å². The van der Waals surface area contributed by atoms with Crippen molar-refractivity contribution in [1.29, 1.82) is 0 Å². The Labute approximate surface area is 173 Å². The van der Waals surface area contributed by atoms with Crippen molar-refractivity contribution in [2.24, 2.45) is 0 Å². The van der Waals surface area contributed by atoms with Crippen LogP contribution in [0.2, 0.25) is 0 Å². The number of rotatable bonds is 12. The van der Waals surface area contributed by atoms with Crippen molar-refractivity contribution in [3.05, 3.63) is 47.8 Å². The molecule has 0 aliphatic heterocycles. The maximum atomic E-state index is 14.5. The van der Waals surface area contributed by atoms with Crippen molar-refractivity contribution < 1.29 is 13.5 Å². The van der Waals surface area contributed by atoms with Crippen LogP contribution in [0, 0.1) is 5.82 Å². The second-order valence-electron chi connectivity index (χ2n) is 7.69. The van der Waals surface area contributed by atoms with Gasteiger partial charge < -0.3 is 9.15 Å². The Morgan fingerprint density at radius 2 is 1.69 bits per heavy atom. The number of unbranched alkanes of at least 4 members (excludes halogenated alkanes) is 6. The fraction of sp³-hybridized carbons (Fsp3) is 0.480.